The summed E-state index contributed by atoms with van der Waals surface area (Å²) in [6.45, 7) is 4.29. The van der Waals surface area contributed by atoms with Crippen LogP contribution in [0.4, 0.5) is 5.69 Å². The minimum Gasteiger partial charge on any atom is -0.465 e. The zero-order valence-corrected chi connectivity index (χ0v) is 18.0. The first-order valence-electron chi connectivity index (χ1n) is 10.3. The number of ether oxygens (including phenoxy) is 1. The molecular formula is C26H26N2O3. The number of anilines is 1. The van der Waals surface area contributed by atoms with E-state index in [9.17, 15) is 9.59 Å². The molecule has 0 saturated carbocycles. The van der Waals surface area contributed by atoms with Crippen molar-refractivity contribution in [2.45, 2.75) is 32.5 Å². The van der Waals surface area contributed by atoms with Crippen molar-refractivity contribution in [3.8, 4) is 5.75 Å². The largest absolute Gasteiger partial charge is 0.465 e. The third-order valence-corrected chi connectivity index (χ3v) is 5.63. The van der Waals surface area contributed by atoms with E-state index in [-0.39, 0.29) is 11.8 Å². The maximum absolute atomic E-state index is 13.8. The number of benzene rings is 3. The minimum atomic E-state index is -1.64. The van der Waals surface area contributed by atoms with Crippen LogP contribution in [0.1, 0.15) is 23.6 Å². The van der Waals surface area contributed by atoms with Gasteiger partial charge in [0.1, 0.15) is 5.75 Å². The average Bonchev–Trinajstić information content (AvgIpc) is 2.79. The Morgan fingerprint density at radius 2 is 1.48 bits per heavy atom. The number of rotatable bonds is 5. The molecular weight excluding hydrogens is 388 g/mol. The second-order valence-corrected chi connectivity index (χ2v) is 8.10. The van der Waals surface area contributed by atoms with Crippen molar-refractivity contribution >= 4 is 17.5 Å². The van der Waals surface area contributed by atoms with Crippen molar-refractivity contribution in [2.24, 2.45) is 0 Å². The fourth-order valence-corrected chi connectivity index (χ4v) is 3.91. The molecule has 0 N–H and O–H groups in total. The molecule has 2 amide bonds. The standard InChI is InChI=1S/C26H26N2O3/c1-19-14-15-23-22(16-19)27(3)24(29)26(2,31-23)25(30)28(17-20-10-6-4-7-11-20)18-21-12-8-5-9-13-21/h4-16H,17-18H2,1-3H3. The Morgan fingerprint density at radius 1 is 0.935 bits per heavy atom. The molecule has 1 atom stereocenters. The lowest BCUT2D eigenvalue weighted by Crippen LogP contribution is -2.61. The Morgan fingerprint density at radius 3 is 2.03 bits per heavy atom. The van der Waals surface area contributed by atoms with Gasteiger partial charge in [0.2, 0.25) is 0 Å². The van der Waals surface area contributed by atoms with Crippen LogP contribution >= 0.6 is 0 Å². The van der Waals surface area contributed by atoms with Gasteiger partial charge in [0, 0.05) is 20.1 Å². The molecule has 0 aromatic heterocycles. The van der Waals surface area contributed by atoms with E-state index in [1.54, 1.807) is 18.9 Å². The van der Waals surface area contributed by atoms with Crippen LogP contribution in [0, 0.1) is 6.92 Å². The molecule has 0 bridgehead atoms. The zero-order chi connectivity index (χ0) is 22.0. The summed E-state index contributed by atoms with van der Waals surface area (Å²) in [5.41, 5.74) is 2.03. The second-order valence-electron chi connectivity index (χ2n) is 8.10. The molecule has 0 spiro atoms. The summed E-state index contributed by atoms with van der Waals surface area (Å²) in [7, 11) is 1.69. The molecule has 1 aliphatic rings. The summed E-state index contributed by atoms with van der Waals surface area (Å²) in [6.07, 6.45) is 0. The predicted molar refractivity (Wildman–Crippen MR) is 121 cm³/mol. The third-order valence-electron chi connectivity index (χ3n) is 5.63. The molecule has 0 radical (unpaired) electrons. The lowest BCUT2D eigenvalue weighted by Gasteiger charge is -2.40. The first kappa shape index (κ1) is 20.7. The Kier molecular flexibility index (Phi) is 5.51. The fourth-order valence-electron chi connectivity index (χ4n) is 3.91. The van der Waals surface area contributed by atoms with Crippen molar-refractivity contribution in [1.29, 1.82) is 0 Å². The van der Waals surface area contributed by atoms with Gasteiger partial charge in [-0.25, -0.2) is 0 Å². The molecule has 1 heterocycles. The van der Waals surface area contributed by atoms with Crippen LogP contribution in [0.25, 0.3) is 0 Å². The quantitative estimate of drug-likeness (QED) is 0.584. The number of carbonyl (C=O) groups excluding carboxylic acids is 2. The van der Waals surface area contributed by atoms with E-state index >= 15 is 0 Å². The number of hydrogen-bond donors (Lipinski definition) is 0. The molecule has 0 saturated heterocycles. The topological polar surface area (TPSA) is 49.9 Å². The fraction of sp³-hybridized carbons (Fsp3) is 0.231. The molecule has 3 aromatic carbocycles. The number of aryl methyl sites for hydroxylation is 1. The van der Waals surface area contributed by atoms with Crippen molar-refractivity contribution < 1.29 is 14.3 Å². The molecule has 3 aromatic rings. The molecule has 31 heavy (non-hydrogen) atoms. The minimum absolute atomic E-state index is 0.358. The van der Waals surface area contributed by atoms with E-state index < -0.39 is 5.60 Å². The van der Waals surface area contributed by atoms with Crippen molar-refractivity contribution in [1.82, 2.24) is 4.90 Å². The zero-order valence-electron chi connectivity index (χ0n) is 18.0. The summed E-state index contributed by atoms with van der Waals surface area (Å²) in [4.78, 5) is 30.4. The summed E-state index contributed by atoms with van der Waals surface area (Å²) in [6, 6.07) is 25.2. The lowest BCUT2D eigenvalue weighted by atomic mass is 9.98. The summed E-state index contributed by atoms with van der Waals surface area (Å²) in [5.74, 6) is -0.201. The van der Waals surface area contributed by atoms with E-state index in [1.807, 2.05) is 85.8 Å². The maximum atomic E-state index is 13.8. The van der Waals surface area contributed by atoms with Crippen molar-refractivity contribution in [2.75, 3.05) is 11.9 Å². The number of fused-ring (bicyclic) bond motifs is 1. The highest BCUT2D eigenvalue weighted by molar-refractivity contribution is 6.16. The maximum Gasteiger partial charge on any atom is 0.280 e. The summed E-state index contributed by atoms with van der Waals surface area (Å²) in [5, 5.41) is 0. The second kappa shape index (κ2) is 8.26. The van der Waals surface area contributed by atoms with Gasteiger partial charge in [0.25, 0.3) is 17.4 Å². The van der Waals surface area contributed by atoms with Gasteiger partial charge >= 0.3 is 0 Å². The van der Waals surface area contributed by atoms with Crippen LogP contribution in [0.5, 0.6) is 5.75 Å². The number of carbonyl (C=O) groups is 2. The van der Waals surface area contributed by atoms with Gasteiger partial charge in [-0.1, -0.05) is 66.7 Å². The number of hydrogen-bond acceptors (Lipinski definition) is 3. The Bertz CT molecular complexity index is 1060. The van der Waals surface area contributed by atoms with Gasteiger partial charge in [-0.2, -0.15) is 0 Å². The van der Waals surface area contributed by atoms with Gasteiger partial charge in [-0.05, 0) is 42.7 Å². The summed E-state index contributed by atoms with van der Waals surface area (Å²) < 4.78 is 6.09. The highest BCUT2D eigenvalue weighted by Crippen LogP contribution is 2.38. The molecule has 158 valence electrons. The number of likely N-dealkylation sites (N-methyl/N-ethyl adjacent to an activating group) is 1. The molecule has 0 aliphatic carbocycles. The number of nitrogens with zero attached hydrogens (tertiary/aromatic N) is 2. The van der Waals surface area contributed by atoms with E-state index in [0.717, 1.165) is 16.7 Å². The van der Waals surface area contributed by atoms with Crippen molar-refractivity contribution in [3.63, 3.8) is 0 Å². The third kappa shape index (κ3) is 4.04. The van der Waals surface area contributed by atoms with Gasteiger partial charge in [0.15, 0.2) is 0 Å². The van der Waals surface area contributed by atoms with Crippen LogP contribution in [-0.2, 0) is 22.7 Å². The molecule has 5 heteroatoms. The highest BCUT2D eigenvalue weighted by Gasteiger charge is 2.51. The summed E-state index contributed by atoms with van der Waals surface area (Å²) >= 11 is 0. The van der Waals surface area contributed by atoms with Gasteiger partial charge in [0.05, 0.1) is 5.69 Å². The van der Waals surface area contributed by atoms with Crippen molar-refractivity contribution in [3.05, 3.63) is 95.6 Å². The molecule has 4 rings (SSSR count). The Labute approximate surface area is 182 Å². The van der Waals surface area contributed by atoms with Gasteiger partial charge in [-0.15, -0.1) is 0 Å². The predicted octanol–water partition coefficient (Wildman–Crippen LogP) is 4.34. The Hall–Kier alpha value is -3.60. The van der Waals surface area contributed by atoms with E-state index in [4.69, 9.17) is 4.74 Å². The average molecular weight is 415 g/mol. The van der Waals surface area contributed by atoms with Crippen LogP contribution < -0.4 is 9.64 Å². The molecule has 1 unspecified atom stereocenters. The van der Waals surface area contributed by atoms with Crippen LogP contribution in [-0.4, -0.2) is 29.4 Å². The highest BCUT2D eigenvalue weighted by atomic mass is 16.5. The van der Waals surface area contributed by atoms with E-state index in [2.05, 4.69) is 0 Å². The monoisotopic (exact) mass is 414 g/mol. The smallest absolute Gasteiger partial charge is 0.280 e. The first-order chi connectivity index (χ1) is 14.9. The van der Waals surface area contributed by atoms with Gasteiger partial charge in [-0.3, -0.25) is 9.59 Å². The lowest BCUT2D eigenvalue weighted by molar-refractivity contribution is -0.156. The van der Waals surface area contributed by atoms with E-state index in [0.29, 0.717) is 24.5 Å². The molecule has 0 fully saturated rings. The molecule has 5 nitrogen and oxygen atoms in total. The van der Waals surface area contributed by atoms with Crippen LogP contribution in [0.2, 0.25) is 0 Å². The van der Waals surface area contributed by atoms with Gasteiger partial charge < -0.3 is 14.5 Å². The van der Waals surface area contributed by atoms with Crippen LogP contribution in [0.3, 0.4) is 0 Å². The normalized spacial score (nSPS) is 17.6. The SMILES string of the molecule is Cc1ccc2c(c1)N(C)C(=O)C(C)(C(=O)N(Cc1ccccc1)Cc1ccccc1)O2. The Balaban J connectivity index is 1.69. The van der Waals surface area contributed by atoms with Crippen LogP contribution in [0.15, 0.2) is 78.9 Å². The molecule has 1 aliphatic heterocycles. The first-order valence-corrected chi connectivity index (χ1v) is 10.3. The van der Waals surface area contributed by atoms with E-state index in [1.165, 1.54) is 4.90 Å². The number of amides is 2.